The fourth-order valence-electron chi connectivity index (χ4n) is 1.76. The van der Waals surface area contributed by atoms with Crippen LogP contribution in [-0.4, -0.2) is 17.9 Å². The lowest BCUT2D eigenvalue weighted by atomic mass is 10.2. The van der Waals surface area contributed by atoms with Gasteiger partial charge in [-0.1, -0.05) is 27.5 Å². The van der Waals surface area contributed by atoms with Crippen LogP contribution in [-0.2, 0) is 0 Å². The second-order valence-corrected chi connectivity index (χ2v) is 5.58. The van der Waals surface area contributed by atoms with Crippen molar-refractivity contribution in [1.82, 2.24) is 0 Å². The van der Waals surface area contributed by atoms with Crippen molar-refractivity contribution < 1.29 is 9.72 Å². The molecular weight excluding hydrogens is 360 g/mol. The SMILES string of the molecule is CN(C(=O)c1cc(Br)ccc1Cl)c1ccc([N+](=O)[O-])cc1. The third kappa shape index (κ3) is 3.40. The van der Waals surface area contributed by atoms with E-state index in [-0.39, 0.29) is 11.6 Å². The number of carbonyl (C=O) groups is 1. The van der Waals surface area contributed by atoms with Gasteiger partial charge in [0.05, 0.1) is 15.5 Å². The Morgan fingerprint density at radius 3 is 2.43 bits per heavy atom. The lowest BCUT2D eigenvalue weighted by molar-refractivity contribution is -0.384. The van der Waals surface area contributed by atoms with E-state index >= 15 is 0 Å². The maximum Gasteiger partial charge on any atom is 0.269 e. The predicted octanol–water partition coefficient (Wildman–Crippen LogP) is 4.29. The Labute approximate surface area is 134 Å². The normalized spacial score (nSPS) is 10.2. The van der Waals surface area contributed by atoms with Crippen molar-refractivity contribution in [2.45, 2.75) is 0 Å². The first-order valence-electron chi connectivity index (χ1n) is 5.87. The highest BCUT2D eigenvalue weighted by Gasteiger charge is 2.17. The van der Waals surface area contributed by atoms with Gasteiger partial charge in [0.1, 0.15) is 0 Å². The van der Waals surface area contributed by atoms with Crippen LogP contribution in [0.1, 0.15) is 10.4 Å². The second kappa shape index (κ2) is 6.24. The van der Waals surface area contributed by atoms with Crippen molar-refractivity contribution in [1.29, 1.82) is 0 Å². The number of rotatable bonds is 3. The molecular formula is C14H10BrClN2O3. The molecule has 5 nitrogen and oxygen atoms in total. The van der Waals surface area contributed by atoms with Crippen molar-refractivity contribution in [3.05, 3.63) is 67.6 Å². The second-order valence-electron chi connectivity index (χ2n) is 4.26. The first-order valence-corrected chi connectivity index (χ1v) is 7.05. The maximum atomic E-state index is 12.4. The lowest BCUT2D eigenvalue weighted by Crippen LogP contribution is -2.26. The van der Waals surface area contributed by atoms with E-state index in [1.54, 1.807) is 25.2 Å². The minimum atomic E-state index is -0.489. The number of hydrogen-bond acceptors (Lipinski definition) is 3. The molecule has 0 atom stereocenters. The number of halogens is 2. The molecule has 0 aromatic heterocycles. The number of amides is 1. The Hall–Kier alpha value is -1.92. The Balaban J connectivity index is 2.30. The molecule has 0 saturated heterocycles. The number of benzene rings is 2. The van der Waals surface area contributed by atoms with Crippen molar-refractivity contribution >= 4 is 44.8 Å². The van der Waals surface area contributed by atoms with Crippen LogP contribution in [0.25, 0.3) is 0 Å². The Kier molecular flexibility index (Phi) is 4.59. The monoisotopic (exact) mass is 368 g/mol. The topological polar surface area (TPSA) is 63.5 Å². The average Bonchev–Trinajstić information content (AvgIpc) is 2.48. The van der Waals surface area contributed by atoms with Gasteiger partial charge in [0.15, 0.2) is 0 Å². The average molecular weight is 370 g/mol. The zero-order valence-corrected chi connectivity index (χ0v) is 13.3. The molecule has 2 aromatic rings. The van der Waals surface area contributed by atoms with Gasteiger partial charge in [-0.15, -0.1) is 0 Å². The highest BCUT2D eigenvalue weighted by molar-refractivity contribution is 9.10. The fraction of sp³-hybridized carbons (Fsp3) is 0.0714. The number of nitrogens with zero attached hydrogens (tertiary/aromatic N) is 2. The van der Waals surface area contributed by atoms with Crippen molar-refractivity contribution in [3.63, 3.8) is 0 Å². The standard InChI is InChI=1S/C14H10BrClN2O3/c1-17(10-3-5-11(6-4-10)18(20)21)14(19)12-8-9(15)2-7-13(12)16/h2-8H,1H3. The molecule has 0 aliphatic carbocycles. The summed E-state index contributed by atoms with van der Waals surface area (Å²) in [6.07, 6.45) is 0. The summed E-state index contributed by atoms with van der Waals surface area (Å²) in [5.41, 5.74) is 0.869. The number of carbonyl (C=O) groups excluding carboxylic acids is 1. The molecule has 0 aliphatic rings. The minimum absolute atomic E-state index is 0.0277. The summed E-state index contributed by atoms with van der Waals surface area (Å²) in [5, 5.41) is 11.0. The van der Waals surface area contributed by atoms with Crippen LogP contribution in [0.4, 0.5) is 11.4 Å². The summed E-state index contributed by atoms with van der Waals surface area (Å²) in [6, 6.07) is 10.7. The number of non-ortho nitro benzene ring substituents is 1. The van der Waals surface area contributed by atoms with Gasteiger partial charge in [-0.2, -0.15) is 0 Å². The van der Waals surface area contributed by atoms with Crippen LogP contribution in [0.3, 0.4) is 0 Å². The van der Waals surface area contributed by atoms with Gasteiger partial charge in [-0.05, 0) is 30.3 Å². The third-order valence-electron chi connectivity index (χ3n) is 2.91. The molecule has 21 heavy (non-hydrogen) atoms. The summed E-state index contributed by atoms with van der Waals surface area (Å²) in [6.45, 7) is 0. The molecule has 1 amide bonds. The highest BCUT2D eigenvalue weighted by atomic mass is 79.9. The van der Waals surface area contributed by atoms with Crippen LogP contribution in [0, 0.1) is 10.1 Å². The van der Waals surface area contributed by atoms with Crippen LogP contribution in [0.5, 0.6) is 0 Å². The van der Waals surface area contributed by atoms with E-state index in [9.17, 15) is 14.9 Å². The van der Waals surface area contributed by atoms with E-state index in [1.165, 1.54) is 29.2 Å². The van der Waals surface area contributed by atoms with Crippen molar-refractivity contribution in [2.24, 2.45) is 0 Å². The molecule has 0 radical (unpaired) electrons. The van der Waals surface area contributed by atoms with Crippen molar-refractivity contribution in [2.75, 3.05) is 11.9 Å². The molecule has 108 valence electrons. The zero-order chi connectivity index (χ0) is 15.6. The Bertz CT molecular complexity index is 704. The number of anilines is 1. The predicted molar refractivity (Wildman–Crippen MR) is 85.0 cm³/mol. The van der Waals surface area contributed by atoms with Gasteiger partial charge < -0.3 is 4.90 Å². The molecule has 0 heterocycles. The molecule has 0 saturated carbocycles. The summed E-state index contributed by atoms with van der Waals surface area (Å²) in [7, 11) is 1.58. The van der Waals surface area contributed by atoms with E-state index in [0.717, 1.165) is 4.47 Å². The van der Waals surface area contributed by atoms with E-state index < -0.39 is 4.92 Å². The molecule has 0 N–H and O–H groups in total. The van der Waals surface area contributed by atoms with Gasteiger partial charge >= 0.3 is 0 Å². The van der Waals surface area contributed by atoms with Crippen LogP contribution < -0.4 is 4.90 Å². The summed E-state index contributed by atoms with van der Waals surface area (Å²) >= 11 is 9.32. The van der Waals surface area contributed by atoms with Gasteiger partial charge in [-0.25, -0.2) is 0 Å². The molecule has 2 aromatic carbocycles. The smallest absolute Gasteiger partial charge is 0.269 e. The first-order chi connectivity index (χ1) is 9.90. The molecule has 0 spiro atoms. The van der Waals surface area contributed by atoms with Gasteiger partial charge in [0.25, 0.3) is 11.6 Å². The van der Waals surface area contributed by atoms with Gasteiger partial charge in [0, 0.05) is 29.3 Å². The molecule has 0 aliphatic heterocycles. The van der Waals surface area contributed by atoms with E-state index in [4.69, 9.17) is 11.6 Å². The molecule has 7 heteroatoms. The first kappa shape index (κ1) is 15.5. The maximum absolute atomic E-state index is 12.4. The molecule has 2 rings (SSSR count). The van der Waals surface area contributed by atoms with E-state index in [1.807, 2.05) is 0 Å². The van der Waals surface area contributed by atoms with Crippen LogP contribution in [0.15, 0.2) is 46.9 Å². The fourth-order valence-corrected chi connectivity index (χ4v) is 2.32. The third-order valence-corrected chi connectivity index (χ3v) is 3.73. The molecule has 0 bridgehead atoms. The summed E-state index contributed by atoms with van der Waals surface area (Å²) in [5.74, 6) is -0.296. The summed E-state index contributed by atoms with van der Waals surface area (Å²) in [4.78, 5) is 23.9. The van der Waals surface area contributed by atoms with E-state index in [2.05, 4.69) is 15.9 Å². The van der Waals surface area contributed by atoms with Gasteiger partial charge in [0.2, 0.25) is 0 Å². The number of hydrogen-bond donors (Lipinski definition) is 0. The number of nitro groups is 1. The summed E-state index contributed by atoms with van der Waals surface area (Å²) < 4.78 is 0.743. The quantitative estimate of drug-likeness (QED) is 0.599. The van der Waals surface area contributed by atoms with Gasteiger partial charge in [-0.3, -0.25) is 14.9 Å². The Morgan fingerprint density at radius 2 is 1.86 bits per heavy atom. The van der Waals surface area contributed by atoms with E-state index in [0.29, 0.717) is 16.3 Å². The van der Waals surface area contributed by atoms with Crippen molar-refractivity contribution in [3.8, 4) is 0 Å². The lowest BCUT2D eigenvalue weighted by Gasteiger charge is -2.18. The Morgan fingerprint density at radius 1 is 1.24 bits per heavy atom. The zero-order valence-electron chi connectivity index (χ0n) is 10.9. The van der Waals surface area contributed by atoms with Crippen LogP contribution in [0.2, 0.25) is 5.02 Å². The molecule has 0 unspecified atom stereocenters. The number of nitro benzene ring substituents is 1. The highest BCUT2D eigenvalue weighted by Crippen LogP contribution is 2.25. The minimum Gasteiger partial charge on any atom is -0.311 e. The molecule has 0 fully saturated rings. The largest absolute Gasteiger partial charge is 0.311 e. The van der Waals surface area contributed by atoms with Crippen LogP contribution >= 0.6 is 27.5 Å².